The third-order valence-electron chi connectivity index (χ3n) is 9.57. The number of benzene rings is 6. The van der Waals surface area contributed by atoms with Gasteiger partial charge in [0.15, 0.2) is 0 Å². The van der Waals surface area contributed by atoms with Crippen LogP contribution in [0.5, 0.6) is 0 Å². The molecule has 0 bridgehead atoms. The summed E-state index contributed by atoms with van der Waals surface area (Å²) in [6.07, 6.45) is 0. The van der Waals surface area contributed by atoms with E-state index in [9.17, 15) is 0 Å². The Labute approximate surface area is 260 Å². The van der Waals surface area contributed by atoms with E-state index in [-0.39, 0.29) is 17.4 Å². The van der Waals surface area contributed by atoms with Gasteiger partial charge in [0.25, 0.3) is 0 Å². The van der Waals surface area contributed by atoms with Gasteiger partial charge in [-0.2, -0.15) is 0 Å². The molecule has 0 aliphatic carbocycles. The third kappa shape index (κ3) is 3.92. The summed E-state index contributed by atoms with van der Waals surface area (Å²) in [7, 11) is 0. The molecule has 2 nitrogen and oxygen atoms in total. The number of carbonyl (C=O) groups excluding carboxylic acids is 1. The summed E-state index contributed by atoms with van der Waals surface area (Å²) in [5, 5.41) is 3.34. The van der Waals surface area contributed by atoms with E-state index in [2.05, 4.69) is 134 Å². The topological polar surface area (TPSA) is 26.3 Å². The van der Waals surface area contributed by atoms with Crippen molar-refractivity contribution < 1.29 is 9.32 Å². The van der Waals surface area contributed by atoms with Gasteiger partial charge in [0.1, 0.15) is 0 Å². The van der Waals surface area contributed by atoms with Crippen molar-refractivity contribution in [2.24, 2.45) is 0 Å². The van der Waals surface area contributed by atoms with Crippen molar-refractivity contribution in [1.29, 1.82) is 0 Å². The molecule has 216 valence electrons. The molecule has 1 saturated heterocycles. The molecule has 1 aliphatic heterocycles. The molecular formula is C41H35O2P. The van der Waals surface area contributed by atoms with E-state index in [1.807, 2.05) is 54.6 Å². The van der Waals surface area contributed by atoms with Crippen molar-refractivity contribution in [3.8, 4) is 0 Å². The summed E-state index contributed by atoms with van der Waals surface area (Å²) in [6, 6.07) is 62.4. The molecular weight excluding hydrogens is 555 g/mol. The van der Waals surface area contributed by atoms with Gasteiger partial charge in [-0.15, -0.1) is 0 Å². The van der Waals surface area contributed by atoms with Gasteiger partial charge in [-0.25, -0.2) is 0 Å². The number of ketones is 1. The normalized spacial score (nSPS) is 22.8. The van der Waals surface area contributed by atoms with Crippen LogP contribution in [0.3, 0.4) is 0 Å². The van der Waals surface area contributed by atoms with Crippen LogP contribution in [0.1, 0.15) is 34.3 Å². The van der Waals surface area contributed by atoms with E-state index in [0.29, 0.717) is 5.56 Å². The zero-order valence-electron chi connectivity index (χ0n) is 24.7. The van der Waals surface area contributed by atoms with Crippen molar-refractivity contribution in [1.82, 2.24) is 0 Å². The minimum atomic E-state index is -3.94. The molecule has 3 heteroatoms. The molecule has 44 heavy (non-hydrogen) atoms. The summed E-state index contributed by atoms with van der Waals surface area (Å²) < 4.78 is 8.25. The Morgan fingerprint density at radius 3 is 1.32 bits per heavy atom. The average molecular weight is 591 g/mol. The van der Waals surface area contributed by atoms with Crippen LogP contribution in [-0.2, 0) is 10.1 Å². The maximum atomic E-state index is 15.5. The number of carbonyl (C=O) groups is 1. The van der Waals surface area contributed by atoms with Crippen molar-refractivity contribution in [2.75, 3.05) is 0 Å². The second-order valence-electron chi connectivity index (χ2n) is 11.6. The summed E-state index contributed by atoms with van der Waals surface area (Å²) in [5.41, 5.74) is 1.13. The third-order valence-corrected chi connectivity index (χ3v) is 16.1. The van der Waals surface area contributed by atoms with Crippen LogP contribution in [0.15, 0.2) is 182 Å². The van der Waals surface area contributed by atoms with Gasteiger partial charge in [0.2, 0.25) is 0 Å². The van der Waals surface area contributed by atoms with E-state index < -0.39 is 12.4 Å². The number of hydrogen-bond donors (Lipinski definition) is 0. The Morgan fingerprint density at radius 2 is 0.886 bits per heavy atom. The number of Topliss-reactive ketones (excluding diaryl/α,β-unsaturated/α-hetero) is 1. The van der Waals surface area contributed by atoms with Crippen LogP contribution in [0.2, 0.25) is 0 Å². The zero-order valence-corrected chi connectivity index (χ0v) is 25.6. The first kappa shape index (κ1) is 28.2. The quantitative estimate of drug-likeness (QED) is 0.138. The first-order chi connectivity index (χ1) is 21.6. The molecule has 3 atom stereocenters. The van der Waals surface area contributed by atoms with Gasteiger partial charge in [-0.05, 0) is 0 Å². The van der Waals surface area contributed by atoms with Gasteiger partial charge in [-0.3, -0.25) is 0 Å². The van der Waals surface area contributed by atoms with Crippen molar-refractivity contribution in [3.63, 3.8) is 0 Å². The Balaban J connectivity index is 1.71. The Bertz CT molecular complexity index is 1760. The van der Waals surface area contributed by atoms with Gasteiger partial charge in [0.05, 0.1) is 0 Å². The molecule has 7 rings (SSSR count). The van der Waals surface area contributed by atoms with Gasteiger partial charge < -0.3 is 0 Å². The minimum absolute atomic E-state index is 0.0284. The van der Waals surface area contributed by atoms with Crippen LogP contribution in [0, 0.1) is 0 Å². The van der Waals surface area contributed by atoms with Crippen LogP contribution in [0.4, 0.5) is 0 Å². The average Bonchev–Trinajstić information content (AvgIpc) is 3.38. The van der Waals surface area contributed by atoms with Crippen molar-refractivity contribution >= 4 is 28.5 Å². The van der Waals surface area contributed by atoms with Crippen molar-refractivity contribution in [3.05, 3.63) is 199 Å². The first-order valence-electron chi connectivity index (χ1n) is 15.2. The molecule has 0 radical (unpaired) electrons. The molecule has 0 N–H and O–H groups in total. The number of hydrogen-bond acceptors (Lipinski definition) is 2. The molecule has 0 saturated carbocycles. The summed E-state index contributed by atoms with van der Waals surface area (Å²) in [5.74, 6) is -0.337. The summed E-state index contributed by atoms with van der Waals surface area (Å²) >= 11 is 0. The van der Waals surface area contributed by atoms with Crippen LogP contribution in [0.25, 0.3) is 0 Å². The SMILES string of the molecule is C[C@@H]1[C@H](c2ccccc2)[C@](C(=O)c2ccccc2)(c2ccccc2)OP1(c1ccccc1)(c1ccccc1)c1ccccc1. The molecule has 0 unspecified atom stereocenters. The fourth-order valence-electron chi connectivity index (χ4n) is 7.76. The molecule has 0 amide bonds. The second-order valence-corrected chi connectivity index (χ2v) is 16.4. The molecule has 0 aromatic heterocycles. The standard InChI is InChI=1S/C41H35O2P/c1-32-39(33-20-8-2-9-21-33)41(35-24-12-4-13-25-35,40(42)34-22-10-3-11-23-34)43-44(32,36-26-14-5-15-27-36,37-28-16-6-17-29-37)38-30-18-7-19-31-38/h2-32,39H,1H3/t32-,39-,41+/m1/s1. The van der Waals surface area contributed by atoms with E-state index in [1.165, 1.54) is 0 Å². The predicted molar refractivity (Wildman–Crippen MR) is 184 cm³/mol. The van der Waals surface area contributed by atoms with Gasteiger partial charge in [0, 0.05) is 0 Å². The van der Waals surface area contributed by atoms with E-state index in [0.717, 1.165) is 27.0 Å². The molecule has 6 aromatic carbocycles. The molecule has 1 fully saturated rings. The zero-order chi connectivity index (χ0) is 30.1. The van der Waals surface area contributed by atoms with Crippen molar-refractivity contribution in [2.45, 2.75) is 24.1 Å². The molecule has 6 aromatic rings. The molecule has 1 aliphatic rings. The number of rotatable bonds is 7. The second kappa shape index (κ2) is 11.1. The first-order valence-corrected chi connectivity index (χ1v) is 17.4. The fraction of sp³-hybridized carbons (Fsp3) is 0.0976. The Kier molecular flexibility index (Phi) is 7.13. The van der Waals surface area contributed by atoms with E-state index in [4.69, 9.17) is 4.52 Å². The Morgan fingerprint density at radius 1 is 0.523 bits per heavy atom. The van der Waals surface area contributed by atoms with Crippen LogP contribution in [-0.4, -0.2) is 11.4 Å². The maximum absolute atomic E-state index is 15.5. The van der Waals surface area contributed by atoms with Crippen LogP contribution < -0.4 is 15.9 Å². The monoisotopic (exact) mass is 590 g/mol. The van der Waals surface area contributed by atoms with Crippen LogP contribution >= 0.6 is 6.83 Å². The molecule has 0 spiro atoms. The Hall–Kier alpha value is -4.62. The van der Waals surface area contributed by atoms with Gasteiger partial charge in [-0.1, -0.05) is 0 Å². The van der Waals surface area contributed by atoms with Gasteiger partial charge >= 0.3 is 261 Å². The fourth-order valence-corrected chi connectivity index (χ4v) is 14.7. The molecule has 1 heterocycles. The summed E-state index contributed by atoms with van der Waals surface area (Å²) in [4.78, 5) is 15.5. The predicted octanol–water partition coefficient (Wildman–Crippen LogP) is 8.41. The summed E-state index contributed by atoms with van der Waals surface area (Å²) in [6.45, 7) is -1.61. The van der Waals surface area contributed by atoms with E-state index >= 15 is 4.79 Å². The van der Waals surface area contributed by atoms with E-state index in [1.54, 1.807) is 0 Å².